The number of aromatic nitrogens is 1. The molecule has 0 radical (unpaired) electrons. The van der Waals surface area contributed by atoms with E-state index in [0.29, 0.717) is 27.9 Å². The number of hydrogen-bond acceptors (Lipinski definition) is 6. The zero-order chi connectivity index (χ0) is 23.7. The number of nitrogens with one attached hydrogen (secondary N) is 1. The van der Waals surface area contributed by atoms with E-state index < -0.39 is 12.0 Å². The van der Waals surface area contributed by atoms with Crippen molar-refractivity contribution in [1.29, 1.82) is 0 Å². The average Bonchev–Trinajstić information content (AvgIpc) is 3.49. The van der Waals surface area contributed by atoms with Gasteiger partial charge in [0.1, 0.15) is 23.3 Å². The molecule has 8 heteroatoms. The molecule has 4 aromatic rings. The molecule has 2 aromatic heterocycles. The second kappa shape index (κ2) is 8.99. The van der Waals surface area contributed by atoms with E-state index in [9.17, 15) is 9.90 Å². The fourth-order valence-electron chi connectivity index (χ4n) is 4.16. The summed E-state index contributed by atoms with van der Waals surface area (Å²) in [6.07, 6.45) is 1.73. The highest BCUT2D eigenvalue weighted by molar-refractivity contribution is 7.80. The van der Waals surface area contributed by atoms with Gasteiger partial charge >= 0.3 is 5.97 Å². The lowest BCUT2D eigenvalue weighted by molar-refractivity contribution is 0.0601. The Kier molecular flexibility index (Phi) is 5.73. The molecule has 5 rings (SSSR count). The Balaban J connectivity index is 1.59. The number of carbonyl (C=O) groups is 1. The lowest BCUT2D eigenvalue weighted by Gasteiger charge is -2.26. The quantitative estimate of drug-likeness (QED) is 0.310. The third kappa shape index (κ3) is 3.88. The number of pyridine rings is 1. The Bertz CT molecular complexity index is 1350. The molecule has 0 bridgehead atoms. The molecule has 0 aliphatic carbocycles. The van der Waals surface area contributed by atoms with Gasteiger partial charge in [-0.3, -0.25) is 4.98 Å². The van der Waals surface area contributed by atoms with E-state index in [2.05, 4.69) is 10.3 Å². The summed E-state index contributed by atoms with van der Waals surface area (Å²) in [4.78, 5) is 18.3. The van der Waals surface area contributed by atoms with Crippen LogP contribution in [0.15, 0.2) is 89.5 Å². The number of anilines is 1. The Morgan fingerprint density at radius 2 is 1.91 bits per heavy atom. The van der Waals surface area contributed by atoms with Gasteiger partial charge in [0.15, 0.2) is 5.11 Å². The van der Waals surface area contributed by atoms with Gasteiger partial charge in [0.25, 0.3) is 0 Å². The summed E-state index contributed by atoms with van der Waals surface area (Å²) in [6.45, 7) is 0. The Morgan fingerprint density at radius 3 is 2.68 bits per heavy atom. The van der Waals surface area contributed by atoms with Gasteiger partial charge in [0.05, 0.1) is 30.1 Å². The number of esters is 1. The highest BCUT2D eigenvalue weighted by Crippen LogP contribution is 2.45. The van der Waals surface area contributed by atoms with Crippen LogP contribution < -0.4 is 10.2 Å². The van der Waals surface area contributed by atoms with Crippen LogP contribution in [0.25, 0.3) is 11.3 Å². The van der Waals surface area contributed by atoms with Crippen LogP contribution in [0.5, 0.6) is 5.75 Å². The second-order valence-corrected chi connectivity index (χ2v) is 8.15. The standard InChI is InChI=1S/C26H21N3O4S/c1-32-25(31)17-8-6-7-16(15-17)21-12-13-22(33-21)24-23(18-9-4-5-14-27-18)28-26(34)29(24)19-10-2-3-11-20(19)30/h2-15,23-24,30H,1H3,(H,28,34). The number of phenols is 1. The van der Waals surface area contributed by atoms with E-state index in [-0.39, 0.29) is 11.8 Å². The van der Waals surface area contributed by atoms with Gasteiger partial charge in [0.2, 0.25) is 0 Å². The number of ether oxygens (including phenoxy) is 1. The van der Waals surface area contributed by atoms with E-state index in [1.807, 2.05) is 47.4 Å². The van der Waals surface area contributed by atoms with Gasteiger partial charge in [-0.15, -0.1) is 0 Å². The molecule has 0 spiro atoms. The number of carbonyl (C=O) groups excluding carboxylic acids is 1. The number of thiocarbonyl (C=S) groups is 1. The number of phenolic OH excluding ortho intramolecular Hbond substituents is 1. The minimum Gasteiger partial charge on any atom is -0.506 e. The van der Waals surface area contributed by atoms with Gasteiger partial charge in [-0.05, 0) is 60.7 Å². The molecule has 2 atom stereocenters. The molecular formula is C26H21N3O4S. The number of furan rings is 1. The lowest BCUT2D eigenvalue weighted by atomic mass is 10.0. The smallest absolute Gasteiger partial charge is 0.337 e. The Morgan fingerprint density at radius 1 is 1.09 bits per heavy atom. The van der Waals surface area contributed by atoms with Crippen molar-refractivity contribution >= 4 is 29.0 Å². The SMILES string of the molecule is COC(=O)c1cccc(-c2ccc(C3C(c4ccccn4)NC(=S)N3c3ccccc3O)o2)c1. The molecule has 3 heterocycles. The predicted molar refractivity (Wildman–Crippen MR) is 132 cm³/mol. The first-order valence-corrected chi connectivity index (χ1v) is 11.0. The number of hydrogen-bond donors (Lipinski definition) is 2. The summed E-state index contributed by atoms with van der Waals surface area (Å²) in [6, 6.07) is 22.8. The zero-order valence-corrected chi connectivity index (χ0v) is 19.0. The number of para-hydroxylation sites is 2. The van der Waals surface area contributed by atoms with Gasteiger partial charge in [0, 0.05) is 11.8 Å². The Hall–Kier alpha value is -4.17. The molecule has 1 aliphatic rings. The summed E-state index contributed by atoms with van der Waals surface area (Å²) in [5, 5.41) is 14.4. The highest BCUT2D eigenvalue weighted by atomic mass is 32.1. The summed E-state index contributed by atoms with van der Waals surface area (Å²) >= 11 is 5.68. The van der Waals surface area contributed by atoms with Crippen molar-refractivity contribution in [2.75, 3.05) is 12.0 Å². The van der Waals surface area contributed by atoms with Crippen LogP contribution in [-0.2, 0) is 4.74 Å². The third-order valence-corrected chi connectivity index (χ3v) is 6.04. The number of benzene rings is 2. The highest BCUT2D eigenvalue weighted by Gasteiger charge is 2.43. The van der Waals surface area contributed by atoms with Crippen molar-refractivity contribution in [3.63, 3.8) is 0 Å². The molecule has 0 amide bonds. The number of nitrogens with zero attached hydrogens (tertiary/aromatic N) is 2. The number of methoxy groups -OCH3 is 1. The third-order valence-electron chi connectivity index (χ3n) is 5.73. The molecule has 2 unspecified atom stereocenters. The predicted octanol–water partition coefficient (Wildman–Crippen LogP) is 5.01. The van der Waals surface area contributed by atoms with Crippen molar-refractivity contribution in [2.45, 2.75) is 12.1 Å². The minimum atomic E-state index is -0.417. The molecule has 1 saturated heterocycles. The maximum Gasteiger partial charge on any atom is 0.337 e. The fourth-order valence-corrected chi connectivity index (χ4v) is 4.49. The van der Waals surface area contributed by atoms with Crippen LogP contribution in [0.4, 0.5) is 5.69 Å². The largest absolute Gasteiger partial charge is 0.506 e. The molecule has 7 nitrogen and oxygen atoms in total. The molecule has 34 heavy (non-hydrogen) atoms. The molecular weight excluding hydrogens is 450 g/mol. The minimum absolute atomic E-state index is 0.107. The zero-order valence-electron chi connectivity index (χ0n) is 18.2. The topological polar surface area (TPSA) is 87.8 Å². The summed E-state index contributed by atoms with van der Waals surface area (Å²) in [7, 11) is 1.35. The van der Waals surface area contributed by atoms with Gasteiger partial charge in [-0.2, -0.15) is 0 Å². The van der Waals surface area contributed by atoms with Crippen LogP contribution in [0.2, 0.25) is 0 Å². The van der Waals surface area contributed by atoms with Crippen LogP contribution in [-0.4, -0.2) is 28.3 Å². The normalized spacial score (nSPS) is 17.4. The van der Waals surface area contributed by atoms with E-state index in [1.165, 1.54) is 7.11 Å². The summed E-state index contributed by atoms with van der Waals surface area (Å²) in [5.74, 6) is 0.913. The molecule has 0 saturated carbocycles. The van der Waals surface area contributed by atoms with Gasteiger partial charge in [-0.1, -0.05) is 30.3 Å². The molecule has 2 N–H and O–H groups in total. The maximum absolute atomic E-state index is 12.0. The van der Waals surface area contributed by atoms with E-state index in [4.69, 9.17) is 21.4 Å². The number of rotatable bonds is 5. The number of aromatic hydroxyl groups is 1. The average molecular weight is 472 g/mol. The van der Waals surface area contributed by atoms with Crippen molar-refractivity contribution < 1.29 is 19.1 Å². The molecule has 1 fully saturated rings. The molecule has 170 valence electrons. The maximum atomic E-state index is 12.0. The first-order chi connectivity index (χ1) is 16.6. The lowest BCUT2D eigenvalue weighted by Crippen LogP contribution is -2.29. The van der Waals surface area contributed by atoms with Crippen molar-refractivity contribution in [3.8, 4) is 17.1 Å². The second-order valence-electron chi connectivity index (χ2n) is 7.76. The van der Waals surface area contributed by atoms with E-state index in [0.717, 1.165) is 11.3 Å². The fraction of sp³-hybridized carbons (Fsp3) is 0.115. The first kappa shape index (κ1) is 21.7. The molecule has 2 aromatic carbocycles. The van der Waals surface area contributed by atoms with Crippen molar-refractivity contribution in [2.24, 2.45) is 0 Å². The first-order valence-electron chi connectivity index (χ1n) is 10.6. The van der Waals surface area contributed by atoms with Crippen LogP contribution in [0, 0.1) is 0 Å². The van der Waals surface area contributed by atoms with Crippen LogP contribution in [0.1, 0.15) is 33.9 Å². The Labute approximate surface area is 201 Å². The van der Waals surface area contributed by atoms with Crippen molar-refractivity contribution in [1.82, 2.24) is 10.3 Å². The van der Waals surface area contributed by atoms with E-state index >= 15 is 0 Å². The summed E-state index contributed by atoms with van der Waals surface area (Å²) < 4.78 is 11.1. The summed E-state index contributed by atoms with van der Waals surface area (Å²) in [5.41, 5.74) is 2.53. The monoisotopic (exact) mass is 471 g/mol. The van der Waals surface area contributed by atoms with Gasteiger partial charge in [-0.25, -0.2) is 4.79 Å². The van der Waals surface area contributed by atoms with Crippen LogP contribution in [0.3, 0.4) is 0 Å². The van der Waals surface area contributed by atoms with Gasteiger partial charge < -0.3 is 24.5 Å². The molecule has 1 aliphatic heterocycles. The van der Waals surface area contributed by atoms with Crippen LogP contribution >= 0.6 is 12.2 Å². The van der Waals surface area contributed by atoms with Crippen molar-refractivity contribution in [3.05, 3.63) is 102 Å². The van der Waals surface area contributed by atoms with E-state index in [1.54, 1.807) is 42.6 Å².